The van der Waals surface area contributed by atoms with Gasteiger partial charge in [0.25, 0.3) is 5.91 Å². The summed E-state index contributed by atoms with van der Waals surface area (Å²) in [5.74, 6) is 0.297. The van der Waals surface area contributed by atoms with E-state index in [2.05, 4.69) is 16.0 Å². The molecule has 1 heterocycles. The van der Waals surface area contributed by atoms with Gasteiger partial charge in [0.2, 0.25) is 5.91 Å². The first-order valence-electron chi connectivity index (χ1n) is 7.36. The van der Waals surface area contributed by atoms with Crippen LogP contribution in [0.25, 0.3) is 0 Å². The summed E-state index contributed by atoms with van der Waals surface area (Å²) in [6.07, 6.45) is 1.18. The Balaban J connectivity index is 1.82. The van der Waals surface area contributed by atoms with Gasteiger partial charge in [0, 0.05) is 19.5 Å². The number of benzene rings is 1. The maximum absolute atomic E-state index is 11.3. The van der Waals surface area contributed by atoms with Gasteiger partial charge in [-0.25, -0.2) is 0 Å². The number of anilines is 1. The van der Waals surface area contributed by atoms with Crippen LogP contribution in [-0.4, -0.2) is 43.2 Å². The van der Waals surface area contributed by atoms with Crippen molar-refractivity contribution in [1.29, 1.82) is 0 Å². The fourth-order valence-corrected chi connectivity index (χ4v) is 2.17. The van der Waals surface area contributed by atoms with E-state index in [9.17, 15) is 14.7 Å². The molecule has 0 spiro atoms. The number of fused-ring (bicyclic) bond motifs is 1. The lowest BCUT2D eigenvalue weighted by molar-refractivity contribution is -0.121. The van der Waals surface area contributed by atoms with Crippen LogP contribution in [-0.2, 0) is 16.0 Å². The molecule has 1 aliphatic rings. The summed E-state index contributed by atoms with van der Waals surface area (Å²) in [6.45, 7) is 3.75. The van der Waals surface area contributed by atoms with E-state index in [1.165, 1.54) is 0 Å². The average Bonchev–Trinajstić information content (AvgIpc) is 2.52. The van der Waals surface area contributed by atoms with Gasteiger partial charge in [-0.3, -0.25) is 9.59 Å². The highest BCUT2D eigenvalue weighted by Gasteiger charge is 2.22. The molecule has 7 heteroatoms. The minimum Gasteiger partial charge on any atom is -0.506 e. The smallest absolute Gasteiger partial charge is 0.262 e. The molecule has 0 radical (unpaired) electrons. The topological polar surface area (TPSA) is 99.7 Å². The first-order chi connectivity index (χ1) is 10.6. The van der Waals surface area contributed by atoms with Crippen LogP contribution in [0.4, 0.5) is 5.69 Å². The van der Waals surface area contributed by atoms with Gasteiger partial charge in [0.15, 0.2) is 12.4 Å². The Labute approximate surface area is 129 Å². The Kier molecular flexibility index (Phi) is 5.60. The SMILES string of the molecule is CCC(=O)NCCNCCc1ccc(O)c2c1OCC(=O)N2. The van der Waals surface area contributed by atoms with Crippen LogP contribution < -0.4 is 20.7 Å². The third kappa shape index (κ3) is 4.11. The Morgan fingerprint density at radius 1 is 1.36 bits per heavy atom. The van der Waals surface area contributed by atoms with E-state index < -0.39 is 0 Å². The highest BCUT2D eigenvalue weighted by Crippen LogP contribution is 2.39. The minimum atomic E-state index is -0.273. The lowest BCUT2D eigenvalue weighted by atomic mass is 10.1. The highest BCUT2D eigenvalue weighted by molar-refractivity contribution is 5.97. The van der Waals surface area contributed by atoms with Crippen molar-refractivity contribution in [3.63, 3.8) is 0 Å². The van der Waals surface area contributed by atoms with Gasteiger partial charge in [0.05, 0.1) is 0 Å². The summed E-state index contributed by atoms with van der Waals surface area (Å²) in [6, 6.07) is 3.33. The van der Waals surface area contributed by atoms with Gasteiger partial charge in [-0.05, 0) is 24.6 Å². The van der Waals surface area contributed by atoms with E-state index in [0.717, 1.165) is 5.56 Å². The van der Waals surface area contributed by atoms with Crippen molar-refractivity contribution in [2.45, 2.75) is 19.8 Å². The number of hydrogen-bond acceptors (Lipinski definition) is 5. The number of amides is 2. The van der Waals surface area contributed by atoms with Gasteiger partial charge in [-0.1, -0.05) is 13.0 Å². The third-order valence-corrected chi connectivity index (χ3v) is 3.35. The quantitative estimate of drug-likeness (QED) is 0.431. The molecule has 2 amide bonds. The zero-order valence-corrected chi connectivity index (χ0v) is 12.6. The molecule has 1 aromatic carbocycles. The van der Waals surface area contributed by atoms with Crippen LogP contribution in [0.15, 0.2) is 12.1 Å². The summed E-state index contributed by atoms with van der Waals surface area (Å²) < 4.78 is 5.42. The number of phenolic OH excluding ortho intramolecular Hbond substituents is 1. The van der Waals surface area contributed by atoms with Crippen LogP contribution >= 0.6 is 0 Å². The second-order valence-corrected chi connectivity index (χ2v) is 4.99. The Bertz CT molecular complexity index is 560. The zero-order valence-electron chi connectivity index (χ0n) is 12.6. The summed E-state index contributed by atoms with van der Waals surface area (Å²) >= 11 is 0. The van der Waals surface area contributed by atoms with E-state index in [1.807, 2.05) is 6.92 Å². The molecular formula is C15H21N3O4. The molecule has 7 nitrogen and oxygen atoms in total. The maximum Gasteiger partial charge on any atom is 0.262 e. The van der Waals surface area contributed by atoms with Gasteiger partial charge in [0.1, 0.15) is 11.4 Å². The van der Waals surface area contributed by atoms with Crippen LogP contribution in [0.1, 0.15) is 18.9 Å². The molecule has 22 heavy (non-hydrogen) atoms. The second-order valence-electron chi connectivity index (χ2n) is 4.99. The van der Waals surface area contributed by atoms with Crippen LogP contribution in [0.2, 0.25) is 0 Å². The number of rotatable bonds is 7. The maximum atomic E-state index is 11.3. The van der Waals surface area contributed by atoms with Crippen molar-refractivity contribution in [2.75, 3.05) is 31.6 Å². The molecule has 1 aromatic rings. The minimum absolute atomic E-state index is 0.00189. The summed E-state index contributed by atoms with van der Waals surface area (Å²) in [4.78, 5) is 22.4. The normalized spacial score (nSPS) is 13.0. The number of nitrogens with one attached hydrogen (secondary N) is 3. The Morgan fingerprint density at radius 2 is 2.18 bits per heavy atom. The van der Waals surface area contributed by atoms with Crippen molar-refractivity contribution in [2.24, 2.45) is 0 Å². The van der Waals surface area contributed by atoms with E-state index in [0.29, 0.717) is 43.9 Å². The number of aromatic hydroxyl groups is 1. The lowest BCUT2D eigenvalue weighted by Gasteiger charge is -2.21. The standard InChI is InChI=1S/C15H21N3O4/c1-2-12(20)17-8-7-16-6-5-10-3-4-11(19)14-15(10)22-9-13(21)18-14/h3-4,16,19H,2,5-9H2,1H3,(H,17,20)(H,18,21). The number of carbonyl (C=O) groups excluding carboxylic acids is 2. The van der Waals surface area contributed by atoms with Crippen LogP contribution in [0.5, 0.6) is 11.5 Å². The number of phenols is 1. The van der Waals surface area contributed by atoms with Crippen molar-refractivity contribution in [3.05, 3.63) is 17.7 Å². The summed E-state index contributed by atoms with van der Waals surface area (Å²) in [7, 11) is 0. The van der Waals surface area contributed by atoms with Crippen LogP contribution in [0, 0.1) is 0 Å². The predicted molar refractivity (Wildman–Crippen MR) is 82.1 cm³/mol. The number of carbonyl (C=O) groups is 2. The third-order valence-electron chi connectivity index (χ3n) is 3.35. The number of ether oxygens (including phenoxy) is 1. The molecule has 1 aliphatic heterocycles. The van der Waals surface area contributed by atoms with Crippen molar-refractivity contribution >= 4 is 17.5 Å². The van der Waals surface area contributed by atoms with Crippen molar-refractivity contribution in [3.8, 4) is 11.5 Å². The molecular weight excluding hydrogens is 286 g/mol. The fourth-order valence-electron chi connectivity index (χ4n) is 2.17. The van der Waals surface area contributed by atoms with E-state index >= 15 is 0 Å². The molecule has 0 aromatic heterocycles. The number of hydrogen-bond donors (Lipinski definition) is 4. The van der Waals surface area contributed by atoms with Gasteiger partial charge < -0.3 is 25.8 Å². The average molecular weight is 307 g/mol. The first-order valence-corrected chi connectivity index (χ1v) is 7.36. The van der Waals surface area contributed by atoms with Gasteiger partial charge in [-0.15, -0.1) is 0 Å². The molecule has 0 saturated carbocycles. The fraction of sp³-hybridized carbons (Fsp3) is 0.467. The monoisotopic (exact) mass is 307 g/mol. The van der Waals surface area contributed by atoms with Crippen molar-refractivity contribution < 1.29 is 19.4 Å². The molecule has 0 atom stereocenters. The molecule has 0 saturated heterocycles. The molecule has 120 valence electrons. The molecule has 0 aliphatic carbocycles. The highest BCUT2D eigenvalue weighted by atomic mass is 16.5. The van der Waals surface area contributed by atoms with E-state index in [4.69, 9.17) is 4.74 Å². The zero-order chi connectivity index (χ0) is 15.9. The summed E-state index contributed by atoms with van der Waals surface area (Å²) in [5, 5.41) is 18.4. The van der Waals surface area contributed by atoms with Crippen LogP contribution in [0.3, 0.4) is 0 Å². The second kappa shape index (κ2) is 7.65. The Morgan fingerprint density at radius 3 is 2.95 bits per heavy atom. The first kappa shape index (κ1) is 16.1. The lowest BCUT2D eigenvalue weighted by Crippen LogP contribution is -2.32. The molecule has 2 rings (SSSR count). The molecule has 0 unspecified atom stereocenters. The van der Waals surface area contributed by atoms with E-state index in [-0.39, 0.29) is 24.2 Å². The molecule has 4 N–H and O–H groups in total. The van der Waals surface area contributed by atoms with Crippen molar-refractivity contribution in [1.82, 2.24) is 10.6 Å². The van der Waals surface area contributed by atoms with E-state index in [1.54, 1.807) is 12.1 Å². The Hall–Kier alpha value is -2.28. The predicted octanol–water partition coefficient (Wildman–Crippen LogP) is 0.381. The van der Waals surface area contributed by atoms with Gasteiger partial charge >= 0.3 is 0 Å². The summed E-state index contributed by atoms with van der Waals surface area (Å²) in [5.41, 5.74) is 1.25. The molecule has 0 fully saturated rings. The van der Waals surface area contributed by atoms with Gasteiger partial charge in [-0.2, -0.15) is 0 Å². The molecule has 0 bridgehead atoms. The largest absolute Gasteiger partial charge is 0.506 e.